The molecule has 1 aromatic carbocycles. The smallest absolute Gasteiger partial charge is 0.0523 e. The van der Waals surface area contributed by atoms with Crippen molar-refractivity contribution in [3.63, 3.8) is 0 Å². The van der Waals surface area contributed by atoms with Gasteiger partial charge in [-0.3, -0.25) is 0 Å². The van der Waals surface area contributed by atoms with Crippen molar-refractivity contribution >= 4 is 15.9 Å². The number of rotatable bonds is 2. The van der Waals surface area contributed by atoms with Crippen molar-refractivity contribution in [3.8, 4) is 11.3 Å². The summed E-state index contributed by atoms with van der Waals surface area (Å²) in [5, 5.41) is 0. The summed E-state index contributed by atoms with van der Waals surface area (Å²) in [6, 6.07) is 10.3. The summed E-state index contributed by atoms with van der Waals surface area (Å²) in [5.41, 5.74) is 9.29. The number of benzene rings is 1. The first-order valence-electron chi connectivity index (χ1n) is 4.82. The van der Waals surface area contributed by atoms with Gasteiger partial charge in [0.1, 0.15) is 0 Å². The van der Waals surface area contributed by atoms with Crippen LogP contribution in [-0.4, -0.2) is 4.57 Å². The van der Waals surface area contributed by atoms with Gasteiger partial charge in [-0.15, -0.1) is 0 Å². The van der Waals surface area contributed by atoms with Crippen LogP contribution in [0, 0.1) is 0 Å². The lowest BCUT2D eigenvalue weighted by Crippen LogP contribution is -1.99. The van der Waals surface area contributed by atoms with Gasteiger partial charge < -0.3 is 10.3 Å². The van der Waals surface area contributed by atoms with E-state index in [-0.39, 0.29) is 0 Å². The molecule has 1 aromatic heterocycles. The summed E-state index contributed by atoms with van der Waals surface area (Å²) in [6.45, 7) is 0.576. The van der Waals surface area contributed by atoms with Crippen molar-refractivity contribution < 1.29 is 0 Å². The van der Waals surface area contributed by atoms with Gasteiger partial charge in [0.05, 0.1) is 5.69 Å². The second kappa shape index (κ2) is 4.21. The van der Waals surface area contributed by atoms with Crippen molar-refractivity contribution in [1.29, 1.82) is 0 Å². The van der Waals surface area contributed by atoms with Gasteiger partial charge in [0, 0.05) is 24.3 Å². The Labute approximate surface area is 97.8 Å². The molecule has 2 rings (SSSR count). The van der Waals surface area contributed by atoms with E-state index in [9.17, 15) is 0 Å². The van der Waals surface area contributed by atoms with Crippen LogP contribution in [-0.2, 0) is 13.6 Å². The Morgan fingerprint density at radius 3 is 2.47 bits per heavy atom. The van der Waals surface area contributed by atoms with Crippen molar-refractivity contribution in [2.24, 2.45) is 12.8 Å². The lowest BCUT2D eigenvalue weighted by Gasteiger charge is -2.06. The highest BCUT2D eigenvalue weighted by Gasteiger charge is 2.07. The van der Waals surface area contributed by atoms with E-state index in [1.165, 1.54) is 16.8 Å². The van der Waals surface area contributed by atoms with E-state index in [1.807, 2.05) is 25.4 Å². The summed E-state index contributed by atoms with van der Waals surface area (Å²) >= 11 is 3.43. The molecule has 2 aromatic rings. The molecule has 0 amide bonds. The largest absolute Gasteiger partial charge is 0.350 e. The molecule has 0 fully saturated rings. The normalized spacial score (nSPS) is 10.6. The van der Waals surface area contributed by atoms with Crippen LogP contribution in [0.25, 0.3) is 11.3 Å². The van der Waals surface area contributed by atoms with Gasteiger partial charge in [-0.2, -0.15) is 0 Å². The second-order valence-corrected chi connectivity index (χ2v) is 4.43. The minimum Gasteiger partial charge on any atom is -0.350 e. The Kier molecular flexibility index (Phi) is 2.93. The molecule has 0 radical (unpaired) electrons. The highest BCUT2D eigenvalue weighted by Crippen LogP contribution is 2.25. The number of nitrogens with two attached hydrogens (primary N) is 1. The third-order valence-electron chi connectivity index (χ3n) is 2.49. The molecule has 0 saturated heterocycles. The van der Waals surface area contributed by atoms with Crippen LogP contribution in [0.4, 0.5) is 0 Å². The summed E-state index contributed by atoms with van der Waals surface area (Å²) in [4.78, 5) is 0. The van der Waals surface area contributed by atoms with Gasteiger partial charge in [-0.25, -0.2) is 0 Å². The molecule has 2 N–H and O–H groups in total. The van der Waals surface area contributed by atoms with Crippen LogP contribution in [0.15, 0.2) is 41.0 Å². The highest BCUT2D eigenvalue weighted by atomic mass is 79.9. The molecule has 0 aliphatic rings. The zero-order valence-electron chi connectivity index (χ0n) is 8.57. The first kappa shape index (κ1) is 10.5. The monoisotopic (exact) mass is 264 g/mol. The Morgan fingerprint density at radius 1 is 1.20 bits per heavy atom. The van der Waals surface area contributed by atoms with Gasteiger partial charge in [0.25, 0.3) is 0 Å². The van der Waals surface area contributed by atoms with Crippen molar-refractivity contribution in [2.75, 3.05) is 0 Å². The number of aryl methyl sites for hydroxylation is 1. The van der Waals surface area contributed by atoms with Crippen LogP contribution >= 0.6 is 15.9 Å². The van der Waals surface area contributed by atoms with Crippen molar-refractivity contribution in [1.82, 2.24) is 4.57 Å². The molecule has 3 heteroatoms. The molecule has 15 heavy (non-hydrogen) atoms. The Hall–Kier alpha value is -1.06. The van der Waals surface area contributed by atoms with Crippen LogP contribution in [0.5, 0.6) is 0 Å². The molecular formula is C12H13BrN2. The van der Waals surface area contributed by atoms with E-state index >= 15 is 0 Å². The predicted molar refractivity (Wildman–Crippen MR) is 66.4 cm³/mol. The molecule has 1 heterocycles. The lowest BCUT2D eigenvalue weighted by atomic mass is 10.1. The van der Waals surface area contributed by atoms with Gasteiger partial charge in [-0.05, 0) is 29.3 Å². The molecule has 0 aliphatic heterocycles. The lowest BCUT2D eigenvalue weighted by molar-refractivity contribution is 0.927. The number of hydrogen-bond acceptors (Lipinski definition) is 1. The third kappa shape index (κ3) is 1.98. The molecule has 0 spiro atoms. The van der Waals surface area contributed by atoms with E-state index in [0.717, 1.165) is 4.47 Å². The first-order chi connectivity index (χ1) is 7.22. The Balaban J connectivity index is 2.52. The number of aromatic nitrogens is 1. The molecule has 2 nitrogen and oxygen atoms in total. The quantitative estimate of drug-likeness (QED) is 0.889. The van der Waals surface area contributed by atoms with E-state index < -0.39 is 0 Å². The van der Waals surface area contributed by atoms with Crippen molar-refractivity contribution in [3.05, 3.63) is 46.6 Å². The molecule has 0 saturated carbocycles. The highest BCUT2D eigenvalue weighted by molar-refractivity contribution is 9.10. The summed E-state index contributed by atoms with van der Waals surface area (Å²) in [6.07, 6.45) is 2.04. The third-order valence-corrected chi connectivity index (χ3v) is 3.02. The molecule has 0 bridgehead atoms. The minimum atomic E-state index is 0.576. The fourth-order valence-electron chi connectivity index (χ4n) is 1.74. The molecule has 0 unspecified atom stereocenters. The van der Waals surface area contributed by atoms with Gasteiger partial charge in [-0.1, -0.05) is 28.1 Å². The average Bonchev–Trinajstić information content (AvgIpc) is 2.61. The number of hydrogen-bond donors (Lipinski definition) is 1. The van der Waals surface area contributed by atoms with E-state index in [1.54, 1.807) is 0 Å². The van der Waals surface area contributed by atoms with E-state index in [0.29, 0.717) is 6.54 Å². The van der Waals surface area contributed by atoms with Crippen LogP contribution in [0.1, 0.15) is 5.56 Å². The molecule has 78 valence electrons. The fourth-order valence-corrected chi connectivity index (χ4v) is 2.01. The number of halogens is 1. The van der Waals surface area contributed by atoms with E-state index in [4.69, 9.17) is 5.73 Å². The summed E-state index contributed by atoms with van der Waals surface area (Å²) in [7, 11) is 2.04. The standard InChI is InChI=1S/C12H13BrN2/c1-15-7-6-10(8-14)12(15)9-2-4-11(13)5-3-9/h2-7H,8,14H2,1H3. The topological polar surface area (TPSA) is 30.9 Å². The first-order valence-corrected chi connectivity index (χ1v) is 5.62. The van der Waals surface area contributed by atoms with Gasteiger partial charge >= 0.3 is 0 Å². The zero-order chi connectivity index (χ0) is 10.8. The maximum atomic E-state index is 5.71. The maximum Gasteiger partial charge on any atom is 0.0523 e. The minimum absolute atomic E-state index is 0.576. The maximum absolute atomic E-state index is 5.71. The Bertz CT molecular complexity index is 457. The van der Waals surface area contributed by atoms with Crippen LogP contribution in [0.2, 0.25) is 0 Å². The predicted octanol–water partition coefficient (Wildman–Crippen LogP) is 2.91. The molecule has 0 aliphatic carbocycles. The van der Waals surface area contributed by atoms with Crippen molar-refractivity contribution in [2.45, 2.75) is 6.54 Å². The fraction of sp³-hybridized carbons (Fsp3) is 0.167. The van der Waals surface area contributed by atoms with Crippen LogP contribution in [0.3, 0.4) is 0 Å². The van der Waals surface area contributed by atoms with Gasteiger partial charge in [0.15, 0.2) is 0 Å². The van der Waals surface area contributed by atoms with Crippen LogP contribution < -0.4 is 5.73 Å². The summed E-state index contributed by atoms with van der Waals surface area (Å²) in [5.74, 6) is 0. The van der Waals surface area contributed by atoms with Gasteiger partial charge in [0.2, 0.25) is 0 Å². The SMILES string of the molecule is Cn1ccc(CN)c1-c1ccc(Br)cc1. The zero-order valence-corrected chi connectivity index (χ0v) is 10.2. The number of nitrogens with zero attached hydrogens (tertiary/aromatic N) is 1. The Morgan fingerprint density at radius 2 is 1.87 bits per heavy atom. The van der Waals surface area contributed by atoms with E-state index in [2.05, 4.69) is 38.7 Å². The second-order valence-electron chi connectivity index (χ2n) is 3.51. The molecular weight excluding hydrogens is 252 g/mol. The molecule has 0 atom stereocenters. The summed E-state index contributed by atoms with van der Waals surface area (Å²) < 4.78 is 3.19. The average molecular weight is 265 g/mol.